The van der Waals surface area contributed by atoms with E-state index < -0.39 is 0 Å². The van der Waals surface area contributed by atoms with Crippen LogP contribution in [-0.4, -0.2) is 43.5 Å². The van der Waals surface area contributed by atoms with Crippen molar-refractivity contribution in [3.05, 3.63) is 28.2 Å². The maximum Gasteiger partial charge on any atom is 0.225 e. The van der Waals surface area contributed by atoms with Crippen LogP contribution in [0.15, 0.2) is 18.2 Å². The number of carbonyl (C=O) groups excluding carboxylic acids is 1. The van der Waals surface area contributed by atoms with Crippen LogP contribution in [0.5, 0.6) is 0 Å². The maximum atomic E-state index is 12.1. The molecule has 1 aliphatic rings. The van der Waals surface area contributed by atoms with Crippen LogP contribution >= 0.6 is 35.6 Å². The smallest absolute Gasteiger partial charge is 0.225 e. The third-order valence-electron chi connectivity index (χ3n) is 3.79. The van der Waals surface area contributed by atoms with Gasteiger partial charge in [0.15, 0.2) is 0 Å². The minimum atomic E-state index is -0.0555. The first-order valence-electron chi connectivity index (χ1n) is 7.24. The summed E-state index contributed by atoms with van der Waals surface area (Å²) in [4.78, 5) is 14.4. The summed E-state index contributed by atoms with van der Waals surface area (Å²) >= 11 is 12.1. The van der Waals surface area contributed by atoms with Crippen molar-refractivity contribution >= 4 is 47.2 Å². The molecule has 0 aromatic heterocycles. The second-order valence-corrected chi connectivity index (χ2v) is 6.10. The Kier molecular flexibility index (Phi) is 8.50. The number of anilines is 1. The fourth-order valence-corrected chi connectivity index (χ4v) is 3.21. The molecule has 1 aliphatic heterocycles. The van der Waals surface area contributed by atoms with Gasteiger partial charge in [-0.1, -0.05) is 29.3 Å². The molecule has 0 spiro atoms. The maximum absolute atomic E-state index is 12.1. The van der Waals surface area contributed by atoms with Crippen LogP contribution in [0.1, 0.15) is 19.3 Å². The van der Waals surface area contributed by atoms with Gasteiger partial charge in [0.05, 0.1) is 15.7 Å². The molecular weight excluding hydrogens is 345 g/mol. The minimum absolute atomic E-state index is 0. The van der Waals surface area contributed by atoms with Gasteiger partial charge in [-0.25, -0.2) is 0 Å². The number of hydrogen-bond donors (Lipinski definition) is 2. The van der Waals surface area contributed by atoms with E-state index in [1.54, 1.807) is 18.2 Å². The normalized spacial score (nSPS) is 18.0. The number of likely N-dealkylation sites (N-methyl/N-ethyl adjacent to an activating group) is 1. The molecule has 124 valence electrons. The quantitative estimate of drug-likeness (QED) is 0.810. The first-order valence-corrected chi connectivity index (χ1v) is 8.00. The first-order chi connectivity index (χ1) is 10.1. The van der Waals surface area contributed by atoms with Gasteiger partial charge in [0.25, 0.3) is 0 Å². The highest BCUT2D eigenvalue weighted by Gasteiger charge is 2.24. The number of rotatable bonds is 6. The van der Waals surface area contributed by atoms with E-state index in [4.69, 9.17) is 23.2 Å². The van der Waals surface area contributed by atoms with Gasteiger partial charge in [-0.05, 0) is 38.6 Å². The van der Waals surface area contributed by atoms with Crippen LogP contribution in [0, 0.1) is 0 Å². The van der Waals surface area contributed by atoms with Crippen molar-refractivity contribution in [2.75, 3.05) is 32.0 Å². The molecule has 1 saturated heterocycles. The van der Waals surface area contributed by atoms with Gasteiger partial charge in [-0.2, -0.15) is 0 Å². The van der Waals surface area contributed by atoms with E-state index in [-0.39, 0.29) is 18.3 Å². The molecule has 22 heavy (non-hydrogen) atoms. The summed E-state index contributed by atoms with van der Waals surface area (Å²) in [7, 11) is 1.96. The van der Waals surface area contributed by atoms with E-state index >= 15 is 0 Å². The number of carbonyl (C=O) groups is 1. The molecule has 7 heteroatoms. The Hall–Kier alpha value is -0.520. The number of likely N-dealkylation sites (tertiary alicyclic amines) is 1. The number of nitrogens with zero attached hydrogens (tertiary/aromatic N) is 1. The third kappa shape index (κ3) is 5.28. The van der Waals surface area contributed by atoms with Crippen molar-refractivity contribution in [2.45, 2.75) is 25.3 Å². The summed E-state index contributed by atoms with van der Waals surface area (Å²) in [5, 5.41) is 6.94. The van der Waals surface area contributed by atoms with Crippen LogP contribution in [0.25, 0.3) is 0 Å². The van der Waals surface area contributed by atoms with E-state index in [9.17, 15) is 4.79 Å². The molecule has 1 amide bonds. The van der Waals surface area contributed by atoms with Crippen molar-refractivity contribution < 1.29 is 4.79 Å². The van der Waals surface area contributed by atoms with E-state index in [1.807, 2.05) is 7.05 Å². The Morgan fingerprint density at radius 1 is 1.36 bits per heavy atom. The molecule has 2 N–H and O–H groups in total. The third-order valence-corrected chi connectivity index (χ3v) is 4.42. The summed E-state index contributed by atoms with van der Waals surface area (Å²) in [6, 6.07) is 5.72. The molecule has 2 rings (SSSR count). The summed E-state index contributed by atoms with van der Waals surface area (Å²) in [5.74, 6) is -0.0555. The molecule has 1 atom stereocenters. The van der Waals surface area contributed by atoms with Gasteiger partial charge in [0, 0.05) is 25.6 Å². The average Bonchev–Trinajstić information content (AvgIpc) is 2.89. The van der Waals surface area contributed by atoms with Crippen LogP contribution in [0.3, 0.4) is 0 Å². The summed E-state index contributed by atoms with van der Waals surface area (Å²) < 4.78 is 0. The molecule has 0 bridgehead atoms. The first kappa shape index (κ1) is 19.5. The van der Waals surface area contributed by atoms with Gasteiger partial charge in [-0.3, -0.25) is 9.69 Å². The number of hydrogen-bond acceptors (Lipinski definition) is 3. The molecule has 1 aromatic carbocycles. The van der Waals surface area contributed by atoms with Crippen molar-refractivity contribution in [1.82, 2.24) is 10.2 Å². The fraction of sp³-hybridized carbons (Fsp3) is 0.533. The molecule has 1 aromatic rings. The Morgan fingerprint density at radius 2 is 2.05 bits per heavy atom. The average molecular weight is 367 g/mol. The Bertz CT molecular complexity index is 479. The predicted molar refractivity (Wildman–Crippen MR) is 95.5 cm³/mol. The van der Waals surface area contributed by atoms with E-state index in [0.717, 1.165) is 19.6 Å². The molecule has 1 unspecified atom stereocenters. The minimum Gasteiger partial charge on any atom is -0.324 e. The zero-order valence-corrected chi connectivity index (χ0v) is 14.9. The molecule has 1 fully saturated rings. The Balaban J connectivity index is 0.00000242. The molecule has 4 nitrogen and oxygen atoms in total. The van der Waals surface area contributed by atoms with E-state index in [1.165, 1.54) is 12.8 Å². The molecule has 0 radical (unpaired) electrons. The lowest BCUT2D eigenvalue weighted by Crippen LogP contribution is -2.38. The van der Waals surface area contributed by atoms with Crippen molar-refractivity contribution in [3.8, 4) is 0 Å². The van der Waals surface area contributed by atoms with Crippen molar-refractivity contribution in [2.24, 2.45) is 0 Å². The second-order valence-electron chi connectivity index (χ2n) is 5.28. The summed E-state index contributed by atoms with van der Waals surface area (Å²) in [6.45, 7) is 2.80. The van der Waals surface area contributed by atoms with Crippen LogP contribution in [-0.2, 0) is 4.79 Å². The van der Waals surface area contributed by atoms with Gasteiger partial charge >= 0.3 is 0 Å². The topological polar surface area (TPSA) is 44.4 Å². The fourth-order valence-electron chi connectivity index (χ4n) is 2.72. The van der Waals surface area contributed by atoms with Crippen molar-refractivity contribution in [3.63, 3.8) is 0 Å². The lowest BCUT2D eigenvalue weighted by atomic mass is 10.2. The van der Waals surface area contributed by atoms with E-state index in [0.29, 0.717) is 28.2 Å². The molecule has 0 saturated carbocycles. The van der Waals surface area contributed by atoms with Crippen LogP contribution in [0.2, 0.25) is 10.0 Å². The SMILES string of the molecule is CNCC1CCCN1CCC(=O)Nc1c(Cl)cccc1Cl.Cl. The number of nitrogens with one attached hydrogen (secondary N) is 2. The molecular formula is C15H22Cl3N3O. The predicted octanol–water partition coefficient (Wildman–Crippen LogP) is 3.43. The van der Waals surface area contributed by atoms with Gasteiger partial charge in [-0.15, -0.1) is 12.4 Å². The number of para-hydroxylation sites is 1. The van der Waals surface area contributed by atoms with Crippen LogP contribution < -0.4 is 10.6 Å². The second kappa shape index (κ2) is 9.58. The Labute approximate surface area is 147 Å². The molecule has 1 heterocycles. The van der Waals surface area contributed by atoms with E-state index in [2.05, 4.69) is 15.5 Å². The van der Waals surface area contributed by atoms with Crippen LogP contribution in [0.4, 0.5) is 5.69 Å². The highest BCUT2D eigenvalue weighted by atomic mass is 35.5. The zero-order valence-electron chi connectivity index (χ0n) is 12.6. The largest absolute Gasteiger partial charge is 0.324 e. The van der Waals surface area contributed by atoms with Gasteiger partial charge < -0.3 is 10.6 Å². The number of halogens is 3. The van der Waals surface area contributed by atoms with Gasteiger partial charge in [0.1, 0.15) is 0 Å². The zero-order chi connectivity index (χ0) is 15.2. The number of amides is 1. The lowest BCUT2D eigenvalue weighted by Gasteiger charge is -2.23. The number of benzene rings is 1. The monoisotopic (exact) mass is 365 g/mol. The standard InChI is InChI=1S/C15H21Cl2N3O.ClH/c1-18-10-11-4-3-8-20(11)9-7-14(21)19-15-12(16)5-2-6-13(15)17;/h2,5-6,11,18H,3-4,7-10H2,1H3,(H,19,21);1H. The summed E-state index contributed by atoms with van der Waals surface area (Å²) in [6.07, 6.45) is 2.84. The Morgan fingerprint density at radius 3 is 2.68 bits per heavy atom. The molecule has 0 aliphatic carbocycles. The highest BCUT2D eigenvalue weighted by Crippen LogP contribution is 2.29. The lowest BCUT2D eigenvalue weighted by molar-refractivity contribution is -0.116. The van der Waals surface area contributed by atoms with Gasteiger partial charge in [0.2, 0.25) is 5.91 Å². The summed E-state index contributed by atoms with van der Waals surface area (Å²) in [5.41, 5.74) is 0.499. The highest BCUT2D eigenvalue weighted by molar-refractivity contribution is 6.39. The van der Waals surface area contributed by atoms with Crippen molar-refractivity contribution in [1.29, 1.82) is 0 Å².